The Morgan fingerprint density at radius 2 is 2.29 bits per heavy atom. The van der Waals surface area contributed by atoms with Crippen molar-refractivity contribution in [1.82, 2.24) is 4.90 Å². The normalized spacial score (nSPS) is 20.4. The number of phenols is 1. The Kier molecular flexibility index (Phi) is 3.33. The van der Waals surface area contributed by atoms with Crippen LogP contribution in [0.15, 0.2) is 18.2 Å². The van der Waals surface area contributed by atoms with Gasteiger partial charge in [0.15, 0.2) is 0 Å². The van der Waals surface area contributed by atoms with Crippen LogP contribution in [0.25, 0.3) is 0 Å². The molecule has 1 unspecified atom stereocenters. The molecule has 1 aliphatic heterocycles. The van der Waals surface area contributed by atoms with Gasteiger partial charge in [0.05, 0.1) is 24.8 Å². The lowest BCUT2D eigenvalue weighted by Gasteiger charge is -2.33. The fourth-order valence-electron chi connectivity index (χ4n) is 2.00. The second kappa shape index (κ2) is 4.75. The minimum absolute atomic E-state index is 0.0410. The van der Waals surface area contributed by atoms with Gasteiger partial charge in [-0.3, -0.25) is 4.79 Å². The van der Waals surface area contributed by atoms with Crippen LogP contribution in [-0.4, -0.2) is 41.7 Å². The first-order valence-electron chi connectivity index (χ1n) is 5.78. The highest BCUT2D eigenvalue weighted by Crippen LogP contribution is 2.21. The van der Waals surface area contributed by atoms with Crippen molar-refractivity contribution in [3.63, 3.8) is 0 Å². The molecule has 4 heteroatoms. The first-order valence-corrected chi connectivity index (χ1v) is 5.78. The highest BCUT2D eigenvalue weighted by atomic mass is 16.5. The Bertz CT molecular complexity index is 431. The number of morpholine rings is 1. The van der Waals surface area contributed by atoms with Crippen LogP contribution in [0.1, 0.15) is 22.8 Å². The second-order valence-corrected chi connectivity index (χ2v) is 4.44. The maximum atomic E-state index is 12.3. The fourth-order valence-corrected chi connectivity index (χ4v) is 2.00. The van der Waals surface area contributed by atoms with Crippen molar-refractivity contribution in [2.45, 2.75) is 19.9 Å². The van der Waals surface area contributed by atoms with Gasteiger partial charge in [-0.15, -0.1) is 0 Å². The number of carbonyl (C=O) groups is 1. The van der Waals surface area contributed by atoms with Crippen molar-refractivity contribution in [2.75, 3.05) is 19.8 Å². The molecule has 0 radical (unpaired) electrons. The van der Waals surface area contributed by atoms with Gasteiger partial charge in [0.1, 0.15) is 5.75 Å². The van der Waals surface area contributed by atoms with Crippen LogP contribution in [0, 0.1) is 6.92 Å². The zero-order valence-corrected chi connectivity index (χ0v) is 10.1. The maximum absolute atomic E-state index is 12.3. The lowest BCUT2D eigenvalue weighted by molar-refractivity contribution is 0.00344. The summed E-state index contributed by atoms with van der Waals surface area (Å²) in [5, 5.41) is 9.74. The van der Waals surface area contributed by atoms with Crippen molar-refractivity contribution in [3.8, 4) is 5.75 Å². The lowest BCUT2D eigenvalue weighted by atomic mass is 10.1. The number of rotatable bonds is 1. The summed E-state index contributed by atoms with van der Waals surface area (Å²) in [7, 11) is 0. The molecule has 1 fully saturated rings. The van der Waals surface area contributed by atoms with Crippen molar-refractivity contribution >= 4 is 5.91 Å². The number of hydrogen-bond donors (Lipinski definition) is 1. The molecule has 1 aliphatic rings. The van der Waals surface area contributed by atoms with E-state index in [-0.39, 0.29) is 17.7 Å². The first kappa shape index (κ1) is 11.9. The van der Waals surface area contributed by atoms with Crippen molar-refractivity contribution in [1.29, 1.82) is 0 Å². The third-order valence-corrected chi connectivity index (χ3v) is 3.01. The van der Waals surface area contributed by atoms with E-state index in [9.17, 15) is 9.90 Å². The minimum Gasteiger partial charge on any atom is -0.507 e. The molecule has 0 aliphatic carbocycles. The molecule has 1 N–H and O–H groups in total. The average molecular weight is 235 g/mol. The summed E-state index contributed by atoms with van der Waals surface area (Å²) in [6, 6.07) is 5.12. The van der Waals surface area contributed by atoms with E-state index in [1.165, 1.54) is 0 Å². The van der Waals surface area contributed by atoms with Crippen LogP contribution in [0.3, 0.4) is 0 Å². The third kappa shape index (κ3) is 2.42. The lowest BCUT2D eigenvalue weighted by Crippen LogP contribution is -2.47. The van der Waals surface area contributed by atoms with Crippen LogP contribution < -0.4 is 0 Å². The number of benzene rings is 1. The van der Waals surface area contributed by atoms with Gasteiger partial charge in [0, 0.05) is 6.54 Å². The van der Waals surface area contributed by atoms with E-state index in [4.69, 9.17) is 4.74 Å². The third-order valence-electron chi connectivity index (χ3n) is 3.01. The van der Waals surface area contributed by atoms with Crippen molar-refractivity contribution in [3.05, 3.63) is 29.3 Å². The molecule has 1 aromatic carbocycles. The zero-order chi connectivity index (χ0) is 12.4. The minimum atomic E-state index is -0.123. The summed E-state index contributed by atoms with van der Waals surface area (Å²) in [5.41, 5.74) is 1.34. The SMILES string of the molecule is Cc1ccc(O)c(C(=O)N2CCOCC2C)c1. The number of carbonyl (C=O) groups excluding carboxylic acids is 1. The summed E-state index contributed by atoms with van der Waals surface area (Å²) in [6.07, 6.45) is 0. The predicted molar refractivity (Wildman–Crippen MR) is 64.2 cm³/mol. The van der Waals surface area contributed by atoms with E-state index in [0.717, 1.165) is 5.56 Å². The molecule has 1 heterocycles. The summed E-state index contributed by atoms with van der Waals surface area (Å²) in [4.78, 5) is 14.0. The van der Waals surface area contributed by atoms with Crippen molar-refractivity contribution in [2.24, 2.45) is 0 Å². The first-order chi connectivity index (χ1) is 8.09. The van der Waals surface area contributed by atoms with Gasteiger partial charge in [0.25, 0.3) is 5.91 Å². The molecule has 92 valence electrons. The molecule has 0 saturated carbocycles. The monoisotopic (exact) mass is 235 g/mol. The Hall–Kier alpha value is -1.55. The summed E-state index contributed by atoms with van der Waals surface area (Å²) in [6.45, 7) is 5.54. The Balaban J connectivity index is 2.26. The standard InChI is InChI=1S/C13H17NO3/c1-9-3-4-12(15)11(7-9)13(16)14-5-6-17-8-10(14)2/h3-4,7,10,15H,5-6,8H2,1-2H3. The van der Waals surface area contributed by atoms with E-state index in [1.54, 1.807) is 23.1 Å². The van der Waals surface area contributed by atoms with Crippen LogP contribution >= 0.6 is 0 Å². The molecule has 1 atom stereocenters. The Morgan fingerprint density at radius 1 is 1.53 bits per heavy atom. The highest BCUT2D eigenvalue weighted by Gasteiger charge is 2.26. The van der Waals surface area contributed by atoms with Gasteiger partial charge in [-0.2, -0.15) is 0 Å². The number of aryl methyl sites for hydroxylation is 1. The quantitative estimate of drug-likeness (QED) is 0.803. The van der Waals surface area contributed by atoms with Gasteiger partial charge in [-0.1, -0.05) is 11.6 Å². The topological polar surface area (TPSA) is 49.8 Å². The van der Waals surface area contributed by atoms with E-state index < -0.39 is 0 Å². The Labute approximate surface area is 101 Å². The molecule has 2 rings (SSSR count). The maximum Gasteiger partial charge on any atom is 0.258 e. The highest BCUT2D eigenvalue weighted by molar-refractivity contribution is 5.97. The van der Waals surface area contributed by atoms with E-state index >= 15 is 0 Å². The molecule has 0 spiro atoms. The number of amides is 1. The van der Waals surface area contributed by atoms with Gasteiger partial charge in [0.2, 0.25) is 0 Å². The van der Waals surface area contributed by atoms with Gasteiger partial charge >= 0.3 is 0 Å². The predicted octanol–water partition coefficient (Wildman–Crippen LogP) is 1.56. The average Bonchev–Trinajstić information content (AvgIpc) is 2.32. The molecule has 1 aromatic rings. The van der Waals surface area contributed by atoms with Gasteiger partial charge < -0.3 is 14.7 Å². The molecule has 1 amide bonds. The number of ether oxygens (including phenoxy) is 1. The number of aromatic hydroxyl groups is 1. The second-order valence-electron chi connectivity index (χ2n) is 4.44. The molecule has 4 nitrogen and oxygen atoms in total. The molecule has 0 bridgehead atoms. The summed E-state index contributed by atoms with van der Waals surface area (Å²) in [5.74, 6) is -0.0821. The smallest absolute Gasteiger partial charge is 0.258 e. The van der Waals surface area contributed by atoms with Crippen LogP contribution in [0.2, 0.25) is 0 Å². The molecule has 0 aromatic heterocycles. The summed E-state index contributed by atoms with van der Waals surface area (Å²) >= 11 is 0. The number of phenolic OH excluding ortho intramolecular Hbond substituents is 1. The van der Waals surface area contributed by atoms with Crippen LogP contribution in [0.5, 0.6) is 5.75 Å². The molecule has 1 saturated heterocycles. The molecule has 17 heavy (non-hydrogen) atoms. The van der Waals surface area contributed by atoms with Gasteiger partial charge in [-0.05, 0) is 26.0 Å². The largest absolute Gasteiger partial charge is 0.507 e. The van der Waals surface area contributed by atoms with Crippen LogP contribution in [0.4, 0.5) is 0 Å². The molecular formula is C13H17NO3. The number of hydrogen-bond acceptors (Lipinski definition) is 3. The summed E-state index contributed by atoms with van der Waals surface area (Å²) < 4.78 is 5.30. The van der Waals surface area contributed by atoms with Gasteiger partial charge in [-0.25, -0.2) is 0 Å². The van der Waals surface area contributed by atoms with Crippen molar-refractivity contribution < 1.29 is 14.6 Å². The van der Waals surface area contributed by atoms with E-state index in [1.807, 2.05) is 13.8 Å². The molecular weight excluding hydrogens is 218 g/mol. The Morgan fingerprint density at radius 3 is 3.00 bits per heavy atom. The van der Waals surface area contributed by atoms with E-state index in [0.29, 0.717) is 25.3 Å². The zero-order valence-electron chi connectivity index (χ0n) is 10.1. The van der Waals surface area contributed by atoms with E-state index in [2.05, 4.69) is 0 Å². The van der Waals surface area contributed by atoms with Crippen LogP contribution in [-0.2, 0) is 4.74 Å². The number of nitrogens with zero attached hydrogens (tertiary/aromatic N) is 1. The fraction of sp³-hybridized carbons (Fsp3) is 0.462.